The smallest absolute Gasteiger partial charge is 0.169 e. The van der Waals surface area contributed by atoms with Gasteiger partial charge in [0.2, 0.25) is 0 Å². The van der Waals surface area contributed by atoms with Crippen LogP contribution in [0.15, 0.2) is 33.1 Å². The Labute approximate surface area is 90.2 Å². The Morgan fingerprint density at radius 2 is 2.36 bits per heavy atom. The highest BCUT2D eigenvalue weighted by molar-refractivity contribution is 9.10. The predicted octanol–water partition coefficient (Wildman–Crippen LogP) is 1.85. The topological polar surface area (TPSA) is 60.4 Å². The fraction of sp³-hybridized carbons (Fsp3) is 0.333. The van der Waals surface area contributed by atoms with Crippen LogP contribution in [0.2, 0.25) is 0 Å². The second-order valence-electron chi connectivity index (χ2n) is 3.06. The van der Waals surface area contributed by atoms with Gasteiger partial charge in [-0.2, -0.15) is 0 Å². The molecule has 0 bridgehead atoms. The second kappa shape index (κ2) is 4.16. The summed E-state index contributed by atoms with van der Waals surface area (Å²) in [6.45, 7) is 0.718. The van der Waals surface area contributed by atoms with Gasteiger partial charge in [-0.3, -0.25) is 5.84 Å². The van der Waals surface area contributed by atoms with Gasteiger partial charge in [0.05, 0.1) is 12.9 Å². The van der Waals surface area contributed by atoms with Crippen molar-refractivity contribution in [1.29, 1.82) is 0 Å². The zero-order chi connectivity index (χ0) is 9.97. The molecule has 2 rings (SSSR count). The molecule has 0 aromatic carbocycles. The van der Waals surface area contributed by atoms with E-state index in [-0.39, 0.29) is 6.04 Å². The number of nitrogens with two attached hydrogens (primary N) is 1. The Kier molecular flexibility index (Phi) is 2.90. The molecule has 1 aromatic rings. The van der Waals surface area contributed by atoms with Crippen LogP contribution in [-0.4, -0.2) is 6.61 Å². The lowest BCUT2D eigenvalue weighted by Gasteiger charge is -2.12. The van der Waals surface area contributed by atoms with E-state index in [9.17, 15) is 0 Å². The van der Waals surface area contributed by atoms with E-state index in [1.54, 1.807) is 6.26 Å². The van der Waals surface area contributed by atoms with Gasteiger partial charge in [-0.1, -0.05) is 0 Å². The number of halogens is 1. The fourth-order valence-electron chi connectivity index (χ4n) is 1.47. The van der Waals surface area contributed by atoms with Gasteiger partial charge < -0.3 is 9.15 Å². The van der Waals surface area contributed by atoms with Gasteiger partial charge in [0.25, 0.3) is 0 Å². The number of ether oxygens (including phenoxy) is 1. The highest BCUT2D eigenvalue weighted by Gasteiger charge is 2.21. The quantitative estimate of drug-likeness (QED) is 0.642. The lowest BCUT2D eigenvalue weighted by molar-refractivity contribution is 0.281. The number of furan rings is 1. The summed E-state index contributed by atoms with van der Waals surface area (Å²) in [5, 5.41) is 0. The Morgan fingerprint density at radius 1 is 1.50 bits per heavy atom. The zero-order valence-corrected chi connectivity index (χ0v) is 9.08. The Morgan fingerprint density at radius 3 is 2.86 bits per heavy atom. The van der Waals surface area contributed by atoms with Crippen LogP contribution in [-0.2, 0) is 4.74 Å². The second-order valence-corrected chi connectivity index (χ2v) is 3.84. The average Bonchev–Trinajstić information content (AvgIpc) is 2.79. The van der Waals surface area contributed by atoms with E-state index >= 15 is 0 Å². The number of rotatable bonds is 3. The monoisotopic (exact) mass is 258 g/mol. The molecule has 0 saturated heterocycles. The molecule has 0 amide bonds. The molecule has 1 atom stereocenters. The third kappa shape index (κ3) is 1.84. The van der Waals surface area contributed by atoms with Crippen molar-refractivity contribution in [3.63, 3.8) is 0 Å². The van der Waals surface area contributed by atoms with Crippen molar-refractivity contribution in [1.82, 2.24) is 5.43 Å². The summed E-state index contributed by atoms with van der Waals surface area (Å²) in [5.74, 6) is 6.26. The van der Waals surface area contributed by atoms with E-state index in [0.717, 1.165) is 24.4 Å². The van der Waals surface area contributed by atoms with Gasteiger partial charge >= 0.3 is 0 Å². The number of nitrogens with one attached hydrogen (secondary N) is 1. The largest absolute Gasteiger partial charge is 0.501 e. The molecular weight excluding hydrogens is 248 g/mol. The van der Waals surface area contributed by atoms with E-state index in [4.69, 9.17) is 15.0 Å². The Bertz CT molecular complexity index is 348. The standard InChI is InChI=1S/C9H11BrN2O2/c10-8-2-1-7(14-8)9(12-11)6-3-4-13-5-6/h1-2,5,9,12H,3-4,11H2. The molecule has 0 saturated carbocycles. The first-order valence-corrected chi connectivity index (χ1v) is 5.12. The van der Waals surface area contributed by atoms with Gasteiger partial charge in [0.15, 0.2) is 4.67 Å². The van der Waals surface area contributed by atoms with E-state index in [0.29, 0.717) is 4.67 Å². The first kappa shape index (κ1) is 9.76. The van der Waals surface area contributed by atoms with Crippen LogP contribution in [0.1, 0.15) is 18.2 Å². The van der Waals surface area contributed by atoms with Crippen molar-refractivity contribution >= 4 is 15.9 Å². The van der Waals surface area contributed by atoms with E-state index < -0.39 is 0 Å². The molecule has 1 aliphatic rings. The van der Waals surface area contributed by atoms with Crippen LogP contribution in [0, 0.1) is 0 Å². The third-order valence-corrected chi connectivity index (χ3v) is 2.59. The molecule has 4 nitrogen and oxygen atoms in total. The molecule has 0 aliphatic carbocycles. The lowest BCUT2D eigenvalue weighted by Crippen LogP contribution is -2.28. The zero-order valence-electron chi connectivity index (χ0n) is 7.50. The molecule has 1 aliphatic heterocycles. The summed E-state index contributed by atoms with van der Waals surface area (Å²) >= 11 is 3.25. The van der Waals surface area contributed by atoms with Crippen molar-refractivity contribution in [2.24, 2.45) is 5.84 Å². The number of hydrogen-bond donors (Lipinski definition) is 2. The molecule has 14 heavy (non-hydrogen) atoms. The van der Waals surface area contributed by atoms with Gasteiger partial charge in [0.1, 0.15) is 11.8 Å². The van der Waals surface area contributed by atoms with Crippen LogP contribution in [0.3, 0.4) is 0 Å². The van der Waals surface area contributed by atoms with Gasteiger partial charge in [-0.05, 0) is 33.6 Å². The summed E-state index contributed by atoms with van der Waals surface area (Å²) in [7, 11) is 0. The lowest BCUT2D eigenvalue weighted by atomic mass is 10.1. The van der Waals surface area contributed by atoms with Crippen LogP contribution >= 0.6 is 15.9 Å². The molecule has 0 spiro atoms. The van der Waals surface area contributed by atoms with Gasteiger partial charge in [-0.25, -0.2) is 5.43 Å². The van der Waals surface area contributed by atoms with Gasteiger partial charge in [0, 0.05) is 6.42 Å². The SMILES string of the molecule is NNC(C1=COCC1)c1ccc(Br)o1. The maximum Gasteiger partial charge on any atom is 0.169 e. The highest BCUT2D eigenvalue weighted by atomic mass is 79.9. The van der Waals surface area contributed by atoms with Crippen LogP contribution in [0.4, 0.5) is 0 Å². The van der Waals surface area contributed by atoms with Crippen LogP contribution in [0.25, 0.3) is 0 Å². The van der Waals surface area contributed by atoms with Crippen molar-refractivity contribution in [3.05, 3.63) is 34.4 Å². The van der Waals surface area contributed by atoms with E-state index in [1.807, 2.05) is 12.1 Å². The summed E-state index contributed by atoms with van der Waals surface area (Å²) in [5.41, 5.74) is 3.82. The molecule has 1 aromatic heterocycles. The number of hydrogen-bond acceptors (Lipinski definition) is 4. The molecule has 1 unspecified atom stereocenters. The van der Waals surface area contributed by atoms with E-state index in [1.165, 1.54) is 0 Å². The van der Waals surface area contributed by atoms with Crippen molar-refractivity contribution < 1.29 is 9.15 Å². The number of hydrazine groups is 1. The first-order chi connectivity index (χ1) is 6.81. The summed E-state index contributed by atoms with van der Waals surface area (Å²) < 4.78 is 11.3. The maximum atomic E-state index is 5.47. The maximum absolute atomic E-state index is 5.47. The molecule has 0 fully saturated rings. The van der Waals surface area contributed by atoms with Crippen molar-refractivity contribution in [3.8, 4) is 0 Å². The Balaban J connectivity index is 2.20. The normalized spacial score (nSPS) is 17.7. The molecular formula is C9H11BrN2O2. The van der Waals surface area contributed by atoms with E-state index in [2.05, 4.69) is 21.4 Å². The first-order valence-electron chi connectivity index (χ1n) is 4.33. The molecule has 5 heteroatoms. The van der Waals surface area contributed by atoms with Crippen LogP contribution in [0.5, 0.6) is 0 Å². The average molecular weight is 259 g/mol. The molecule has 2 heterocycles. The minimum Gasteiger partial charge on any atom is -0.501 e. The summed E-state index contributed by atoms with van der Waals surface area (Å²) in [4.78, 5) is 0. The Hall–Kier alpha value is -0.780. The molecule has 0 radical (unpaired) electrons. The van der Waals surface area contributed by atoms with Gasteiger partial charge in [-0.15, -0.1) is 0 Å². The third-order valence-electron chi connectivity index (χ3n) is 2.16. The highest BCUT2D eigenvalue weighted by Crippen LogP contribution is 2.29. The summed E-state index contributed by atoms with van der Waals surface area (Å²) in [6, 6.07) is 3.63. The minimum absolute atomic E-state index is 0.0937. The predicted molar refractivity (Wildman–Crippen MR) is 55.1 cm³/mol. The summed E-state index contributed by atoms with van der Waals surface area (Å²) in [6.07, 6.45) is 2.62. The fourth-order valence-corrected chi connectivity index (χ4v) is 1.79. The van der Waals surface area contributed by atoms with Crippen molar-refractivity contribution in [2.45, 2.75) is 12.5 Å². The van der Waals surface area contributed by atoms with Crippen molar-refractivity contribution in [2.75, 3.05) is 6.61 Å². The molecule has 76 valence electrons. The minimum atomic E-state index is -0.0937. The molecule has 3 N–H and O–H groups in total. The van der Waals surface area contributed by atoms with Crippen LogP contribution < -0.4 is 11.3 Å².